The van der Waals surface area contributed by atoms with E-state index in [9.17, 15) is 5.26 Å². The van der Waals surface area contributed by atoms with Gasteiger partial charge in [0.2, 0.25) is 0 Å². The van der Waals surface area contributed by atoms with Crippen LogP contribution in [0.2, 0.25) is 0 Å². The van der Waals surface area contributed by atoms with Crippen molar-refractivity contribution in [1.29, 1.82) is 10.5 Å². The van der Waals surface area contributed by atoms with Crippen LogP contribution in [0.25, 0.3) is 22.4 Å². The van der Waals surface area contributed by atoms with Crippen molar-refractivity contribution >= 4 is 5.82 Å². The van der Waals surface area contributed by atoms with Crippen LogP contribution in [0.3, 0.4) is 0 Å². The van der Waals surface area contributed by atoms with Crippen molar-refractivity contribution in [3.05, 3.63) is 96.1 Å². The lowest BCUT2D eigenvalue weighted by molar-refractivity contribution is 0.483. The smallest absolute Gasteiger partial charge is 0.142 e. The summed E-state index contributed by atoms with van der Waals surface area (Å²) in [6.07, 6.45) is 0. The highest BCUT2D eigenvalue weighted by Crippen LogP contribution is 2.32. The van der Waals surface area contributed by atoms with E-state index in [1.165, 1.54) is 0 Å². The SMILES string of the molecule is N#Cc1ccc(-c2cc(-c3ccc(Oc4ccccc4)cc3)nc(N)c2C#N)cc1. The number of nitrogens with two attached hydrogens (primary N) is 1. The number of hydrogen-bond acceptors (Lipinski definition) is 5. The molecule has 30 heavy (non-hydrogen) atoms. The summed E-state index contributed by atoms with van der Waals surface area (Å²) in [5.41, 5.74) is 9.92. The van der Waals surface area contributed by atoms with Gasteiger partial charge in [-0.25, -0.2) is 4.98 Å². The third-order valence-electron chi connectivity index (χ3n) is 4.61. The Hall–Kier alpha value is -4.61. The molecule has 142 valence electrons. The standard InChI is InChI=1S/C25H16N4O/c26-15-17-6-8-18(9-7-17)22-14-24(29-25(28)23(22)16-27)19-10-12-21(13-11-19)30-20-4-2-1-3-5-20/h1-14H,(H2,28,29). The van der Waals surface area contributed by atoms with Crippen molar-refractivity contribution in [2.45, 2.75) is 0 Å². The van der Waals surface area contributed by atoms with Gasteiger partial charge in [0.05, 0.1) is 17.3 Å². The van der Waals surface area contributed by atoms with Crippen LogP contribution in [0.15, 0.2) is 84.9 Å². The minimum Gasteiger partial charge on any atom is -0.457 e. The molecule has 0 bridgehead atoms. The molecule has 4 aromatic rings. The van der Waals surface area contributed by atoms with E-state index in [0.29, 0.717) is 28.1 Å². The predicted molar refractivity (Wildman–Crippen MR) is 115 cm³/mol. The number of benzene rings is 3. The largest absolute Gasteiger partial charge is 0.457 e. The Kier molecular flexibility index (Phi) is 5.11. The first kappa shape index (κ1) is 18.7. The molecular formula is C25H16N4O. The Morgan fingerprint density at radius 1 is 0.733 bits per heavy atom. The van der Waals surface area contributed by atoms with Gasteiger partial charge in [0, 0.05) is 11.1 Å². The van der Waals surface area contributed by atoms with Crippen molar-refractivity contribution in [3.63, 3.8) is 0 Å². The number of ether oxygens (including phenoxy) is 1. The van der Waals surface area contributed by atoms with Crippen LogP contribution >= 0.6 is 0 Å². The molecule has 0 fully saturated rings. The fourth-order valence-corrected chi connectivity index (χ4v) is 3.10. The lowest BCUT2D eigenvalue weighted by Crippen LogP contribution is -1.99. The van der Waals surface area contributed by atoms with E-state index in [4.69, 9.17) is 15.7 Å². The highest BCUT2D eigenvalue weighted by molar-refractivity contribution is 5.80. The van der Waals surface area contributed by atoms with Crippen LogP contribution in [-0.2, 0) is 0 Å². The van der Waals surface area contributed by atoms with E-state index in [2.05, 4.69) is 17.1 Å². The van der Waals surface area contributed by atoms with Gasteiger partial charge in [-0.1, -0.05) is 30.3 Å². The third kappa shape index (κ3) is 3.82. The minimum atomic E-state index is 0.166. The first-order valence-electron chi connectivity index (χ1n) is 9.22. The van der Waals surface area contributed by atoms with Crippen molar-refractivity contribution < 1.29 is 4.74 Å². The number of rotatable bonds is 4. The Morgan fingerprint density at radius 2 is 1.37 bits per heavy atom. The maximum absolute atomic E-state index is 9.56. The number of hydrogen-bond donors (Lipinski definition) is 1. The molecule has 5 heteroatoms. The van der Waals surface area contributed by atoms with Gasteiger partial charge in [-0.3, -0.25) is 0 Å². The molecule has 0 amide bonds. The van der Waals surface area contributed by atoms with Gasteiger partial charge in [-0.2, -0.15) is 10.5 Å². The van der Waals surface area contributed by atoms with Gasteiger partial charge in [0.1, 0.15) is 28.9 Å². The summed E-state index contributed by atoms with van der Waals surface area (Å²) < 4.78 is 5.83. The first-order chi connectivity index (χ1) is 14.7. The highest BCUT2D eigenvalue weighted by Gasteiger charge is 2.13. The molecule has 3 aromatic carbocycles. The number of para-hydroxylation sites is 1. The van der Waals surface area contributed by atoms with Crippen molar-refractivity contribution in [1.82, 2.24) is 4.98 Å². The van der Waals surface area contributed by atoms with Crippen LogP contribution in [-0.4, -0.2) is 4.98 Å². The summed E-state index contributed by atoms with van der Waals surface area (Å²) in [4.78, 5) is 4.41. The summed E-state index contributed by atoms with van der Waals surface area (Å²) in [6.45, 7) is 0. The lowest BCUT2D eigenvalue weighted by Gasteiger charge is -2.11. The summed E-state index contributed by atoms with van der Waals surface area (Å²) in [7, 11) is 0. The van der Waals surface area contributed by atoms with Gasteiger partial charge in [-0.05, 0) is 60.2 Å². The average molecular weight is 388 g/mol. The molecule has 1 heterocycles. The number of anilines is 1. The van der Waals surface area contributed by atoms with E-state index in [1.807, 2.05) is 60.7 Å². The average Bonchev–Trinajstić information content (AvgIpc) is 2.80. The Bertz CT molecular complexity index is 1270. The monoisotopic (exact) mass is 388 g/mol. The van der Waals surface area contributed by atoms with E-state index in [1.54, 1.807) is 24.3 Å². The molecule has 5 nitrogen and oxygen atoms in total. The van der Waals surface area contributed by atoms with Crippen LogP contribution < -0.4 is 10.5 Å². The van der Waals surface area contributed by atoms with Gasteiger partial charge in [0.25, 0.3) is 0 Å². The number of nitrogens with zero attached hydrogens (tertiary/aromatic N) is 3. The predicted octanol–water partition coefficient (Wildman–Crippen LogP) is 5.53. The zero-order valence-corrected chi connectivity index (χ0v) is 15.9. The van der Waals surface area contributed by atoms with Crippen LogP contribution in [0.4, 0.5) is 5.82 Å². The Morgan fingerprint density at radius 3 is 2.00 bits per heavy atom. The molecule has 0 atom stereocenters. The van der Waals surface area contributed by atoms with E-state index in [-0.39, 0.29) is 5.82 Å². The highest BCUT2D eigenvalue weighted by atomic mass is 16.5. The zero-order chi connectivity index (χ0) is 20.9. The molecule has 0 aliphatic heterocycles. The van der Waals surface area contributed by atoms with Gasteiger partial charge in [0.15, 0.2) is 0 Å². The summed E-state index contributed by atoms with van der Waals surface area (Å²) in [5.74, 6) is 1.63. The molecule has 0 unspecified atom stereocenters. The lowest BCUT2D eigenvalue weighted by atomic mass is 9.97. The van der Waals surface area contributed by atoms with Crippen LogP contribution in [0, 0.1) is 22.7 Å². The maximum atomic E-state index is 9.56. The van der Waals surface area contributed by atoms with Crippen molar-refractivity contribution in [3.8, 4) is 46.0 Å². The number of pyridine rings is 1. The second-order valence-corrected chi connectivity index (χ2v) is 6.56. The summed E-state index contributed by atoms with van der Waals surface area (Å²) in [5, 5.41) is 18.6. The number of nitriles is 2. The van der Waals surface area contributed by atoms with E-state index >= 15 is 0 Å². The maximum Gasteiger partial charge on any atom is 0.142 e. The second-order valence-electron chi connectivity index (χ2n) is 6.56. The topological polar surface area (TPSA) is 95.7 Å². The molecule has 0 saturated heterocycles. The zero-order valence-electron chi connectivity index (χ0n) is 15.9. The molecular weight excluding hydrogens is 372 g/mol. The van der Waals surface area contributed by atoms with Crippen LogP contribution in [0.5, 0.6) is 11.5 Å². The number of aromatic nitrogens is 1. The van der Waals surface area contributed by atoms with Gasteiger partial charge >= 0.3 is 0 Å². The fraction of sp³-hybridized carbons (Fsp3) is 0. The van der Waals surface area contributed by atoms with E-state index < -0.39 is 0 Å². The van der Waals surface area contributed by atoms with Crippen LogP contribution in [0.1, 0.15) is 11.1 Å². The quantitative estimate of drug-likeness (QED) is 0.495. The van der Waals surface area contributed by atoms with Gasteiger partial charge < -0.3 is 10.5 Å². The normalized spacial score (nSPS) is 10.1. The summed E-state index contributed by atoms with van der Waals surface area (Å²) >= 11 is 0. The third-order valence-corrected chi connectivity index (χ3v) is 4.61. The molecule has 0 radical (unpaired) electrons. The fourth-order valence-electron chi connectivity index (χ4n) is 3.10. The van der Waals surface area contributed by atoms with E-state index in [0.717, 1.165) is 16.9 Å². The molecule has 0 aliphatic carbocycles. The Balaban J connectivity index is 1.70. The molecule has 4 rings (SSSR count). The molecule has 0 saturated carbocycles. The first-order valence-corrected chi connectivity index (χ1v) is 9.22. The number of nitrogen functional groups attached to an aromatic ring is 1. The Labute approximate surface area is 174 Å². The molecule has 2 N–H and O–H groups in total. The van der Waals surface area contributed by atoms with Gasteiger partial charge in [-0.15, -0.1) is 0 Å². The molecule has 0 aliphatic rings. The summed E-state index contributed by atoms with van der Waals surface area (Å²) in [6, 6.07) is 30.1. The molecule has 0 spiro atoms. The minimum absolute atomic E-state index is 0.166. The van der Waals surface area contributed by atoms with Crippen molar-refractivity contribution in [2.24, 2.45) is 0 Å². The van der Waals surface area contributed by atoms with Crippen molar-refractivity contribution in [2.75, 3.05) is 5.73 Å². The molecule has 1 aromatic heterocycles. The second kappa shape index (κ2) is 8.18.